The quantitative estimate of drug-likeness (QED) is 0.798. The molecule has 0 bridgehead atoms. The summed E-state index contributed by atoms with van der Waals surface area (Å²) >= 11 is 1.40. The van der Waals surface area contributed by atoms with Gasteiger partial charge in [0.2, 0.25) is 5.91 Å². The third kappa shape index (κ3) is 2.37. The lowest BCUT2D eigenvalue weighted by molar-refractivity contribution is -0.116. The molecular formula is C18H13N3O2S. The molecule has 1 aromatic heterocycles. The molecule has 0 saturated heterocycles. The Labute approximate surface area is 142 Å². The van der Waals surface area contributed by atoms with Gasteiger partial charge in [0.25, 0.3) is 5.91 Å². The minimum absolute atomic E-state index is 0.0811. The summed E-state index contributed by atoms with van der Waals surface area (Å²) in [6, 6.07) is 14.9. The van der Waals surface area contributed by atoms with Gasteiger partial charge in [0.15, 0.2) is 5.13 Å². The molecule has 1 N–H and O–H groups in total. The molecule has 2 aromatic carbocycles. The largest absolute Gasteiger partial charge is 0.300 e. The van der Waals surface area contributed by atoms with Crippen molar-refractivity contribution in [2.75, 3.05) is 11.9 Å². The number of carbonyl (C=O) groups is 2. The zero-order valence-electron chi connectivity index (χ0n) is 12.7. The number of hydrogen-bond donors (Lipinski definition) is 1. The minimum atomic E-state index is -0.295. The van der Waals surface area contributed by atoms with Gasteiger partial charge < -0.3 is 5.32 Å². The Morgan fingerprint density at radius 2 is 1.83 bits per heavy atom. The van der Waals surface area contributed by atoms with Gasteiger partial charge in [-0.3, -0.25) is 14.5 Å². The van der Waals surface area contributed by atoms with Crippen LogP contribution in [0.15, 0.2) is 55.1 Å². The van der Waals surface area contributed by atoms with Crippen LogP contribution in [0.25, 0.3) is 15.9 Å². The average Bonchev–Trinajstić information content (AvgIpc) is 3.09. The van der Waals surface area contributed by atoms with Crippen LogP contribution in [0, 0.1) is 0 Å². The maximum absolute atomic E-state index is 12.4. The van der Waals surface area contributed by atoms with E-state index in [-0.39, 0.29) is 18.4 Å². The highest BCUT2D eigenvalue weighted by atomic mass is 32.1. The highest BCUT2D eigenvalue weighted by molar-refractivity contribution is 7.22. The number of nitrogens with zero attached hydrogens (tertiary/aromatic N) is 2. The number of nitrogens with one attached hydrogen (secondary N) is 1. The van der Waals surface area contributed by atoms with E-state index in [1.54, 1.807) is 12.1 Å². The van der Waals surface area contributed by atoms with E-state index in [0.717, 1.165) is 15.8 Å². The minimum Gasteiger partial charge on any atom is -0.300 e. The smallest absolute Gasteiger partial charge is 0.259 e. The van der Waals surface area contributed by atoms with Crippen LogP contribution in [0.2, 0.25) is 0 Å². The fraction of sp³-hybridized carbons (Fsp3) is 0.0556. The number of benzene rings is 2. The normalized spacial score (nSPS) is 13.4. The third-order valence-electron chi connectivity index (χ3n) is 3.88. The number of anilines is 1. The van der Waals surface area contributed by atoms with Gasteiger partial charge in [-0.05, 0) is 18.2 Å². The molecule has 4 rings (SSSR count). The van der Waals surface area contributed by atoms with Crippen molar-refractivity contribution >= 4 is 44.2 Å². The summed E-state index contributed by atoms with van der Waals surface area (Å²) in [5, 5.41) is 3.28. The summed E-state index contributed by atoms with van der Waals surface area (Å²) < 4.78 is 1.00. The van der Waals surface area contributed by atoms with Crippen LogP contribution in [0.3, 0.4) is 0 Å². The Morgan fingerprint density at radius 1 is 1.12 bits per heavy atom. The van der Waals surface area contributed by atoms with Gasteiger partial charge in [0, 0.05) is 16.8 Å². The van der Waals surface area contributed by atoms with E-state index in [9.17, 15) is 9.59 Å². The molecule has 0 fully saturated rings. The number of rotatable bonds is 3. The van der Waals surface area contributed by atoms with Crippen LogP contribution in [-0.4, -0.2) is 28.2 Å². The van der Waals surface area contributed by atoms with Crippen LogP contribution in [0.1, 0.15) is 15.9 Å². The molecule has 1 aliphatic heterocycles. The maximum atomic E-state index is 12.4. The predicted molar refractivity (Wildman–Crippen MR) is 94.8 cm³/mol. The molecular weight excluding hydrogens is 322 g/mol. The Morgan fingerprint density at radius 3 is 2.58 bits per heavy atom. The summed E-state index contributed by atoms with van der Waals surface area (Å²) in [6.45, 7) is 3.85. The molecule has 0 atom stereocenters. The van der Waals surface area contributed by atoms with E-state index < -0.39 is 0 Å². The Balaban J connectivity index is 1.51. The lowest BCUT2D eigenvalue weighted by atomic mass is 10.1. The standard InChI is InChI=1S/C18H13N3O2S/c1-11-12-6-2-3-7-13(12)17(23)21(11)10-16(22)20-18-19-14-8-4-5-9-15(14)24-18/h2-9H,1,10H2,(H,19,20,22). The van der Waals surface area contributed by atoms with Crippen molar-refractivity contribution in [1.29, 1.82) is 0 Å². The van der Waals surface area contributed by atoms with Gasteiger partial charge in [-0.25, -0.2) is 4.98 Å². The van der Waals surface area contributed by atoms with Crippen molar-refractivity contribution < 1.29 is 9.59 Å². The first kappa shape index (κ1) is 14.6. The van der Waals surface area contributed by atoms with Gasteiger partial charge in [0.1, 0.15) is 6.54 Å². The van der Waals surface area contributed by atoms with Crippen LogP contribution >= 0.6 is 11.3 Å². The number of para-hydroxylation sites is 1. The van der Waals surface area contributed by atoms with Crippen LogP contribution in [0.5, 0.6) is 0 Å². The summed E-state index contributed by atoms with van der Waals surface area (Å²) in [5.74, 6) is -0.494. The van der Waals surface area contributed by atoms with E-state index in [2.05, 4.69) is 16.9 Å². The van der Waals surface area contributed by atoms with Crippen molar-refractivity contribution in [3.63, 3.8) is 0 Å². The Kier molecular flexibility index (Phi) is 3.39. The molecule has 2 amide bonds. The third-order valence-corrected chi connectivity index (χ3v) is 4.83. The molecule has 3 aromatic rings. The second-order valence-electron chi connectivity index (χ2n) is 5.42. The molecule has 6 heteroatoms. The number of hydrogen-bond acceptors (Lipinski definition) is 4. The second-order valence-corrected chi connectivity index (χ2v) is 6.45. The highest BCUT2D eigenvalue weighted by Crippen LogP contribution is 2.31. The lowest BCUT2D eigenvalue weighted by Crippen LogP contribution is -2.32. The monoisotopic (exact) mass is 335 g/mol. The average molecular weight is 335 g/mol. The number of amides is 2. The summed E-state index contributed by atoms with van der Waals surface area (Å²) in [7, 11) is 0. The number of aromatic nitrogens is 1. The second kappa shape index (κ2) is 5.58. The molecule has 0 spiro atoms. The van der Waals surface area contributed by atoms with Crippen molar-refractivity contribution in [2.45, 2.75) is 0 Å². The van der Waals surface area contributed by atoms with Crippen molar-refractivity contribution in [1.82, 2.24) is 9.88 Å². The summed E-state index contributed by atoms with van der Waals surface area (Å²) in [4.78, 5) is 30.5. The first-order valence-corrected chi connectivity index (χ1v) is 8.21. The fourth-order valence-corrected chi connectivity index (χ4v) is 3.61. The SMILES string of the molecule is C=C1c2ccccc2C(=O)N1CC(=O)Nc1nc2ccccc2s1. The molecule has 5 nitrogen and oxygen atoms in total. The molecule has 2 heterocycles. The molecule has 0 aliphatic carbocycles. The Bertz CT molecular complexity index is 925. The van der Waals surface area contributed by atoms with E-state index in [1.165, 1.54) is 16.2 Å². The molecule has 24 heavy (non-hydrogen) atoms. The first-order chi connectivity index (χ1) is 11.6. The molecule has 0 saturated carbocycles. The number of thiazole rings is 1. The zero-order valence-corrected chi connectivity index (χ0v) is 13.5. The van der Waals surface area contributed by atoms with Gasteiger partial charge in [-0.15, -0.1) is 0 Å². The molecule has 0 radical (unpaired) electrons. The fourth-order valence-electron chi connectivity index (χ4n) is 2.73. The molecule has 0 unspecified atom stereocenters. The van der Waals surface area contributed by atoms with E-state index >= 15 is 0 Å². The topological polar surface area (TPSA) is 62.3 Å². The van der Waals surface area contributed by atoms with Crippen molar-refractivity contribution in [2.24, 2.45) is 0 Å². The van der Waals surface area contributed by atoms with Crippen LogP contribution < -0.4 is 5.32 Å². The lowest BCUT2D eigenvalue weighted by Gasteiger charge is -2.16. The molecule has 118 valence electrons. The van der Waals surface area contributed by atoms with Gasteiger partial charge >= 0.3 is 0 Å². The van der Waals surface area contributed by atoms with Gasteiger partial charge in [0.05, 0.1) is 10.2 Å². The van der Waals surface area contributed by atoms with Crippen molar-refractivity contribution in [3.05, 3.63) is 66.2 Å². The zero-order chi connectivity index (χ0) is 16.7. The predicted octanol–water partition coefficient (Wildman–Crippen LogP) is 3.36. The van der Waals surface area contributed by atoms with Gasteiger partial charge in [-0.2, -0.15) is 0 Å². The molecule has 1 aliphatic rings. The number of fused-ring (bicyclic) bond motifs is 2. The first-order valence-electron chi connectivity index (χ1n) is 7.39. The number of carbonyl (C=O) groups excluding carboxylic acids is 2. The highest BCUT2D eigenvalue weighted by Gasteiger charge is 2.31. The van der Waals surface area contributed by atoms with Crippen LogP contribution in [0.4, 0.5) is 5.13 Å². The van der Waals surface area contributed by atoms with E-state index in [1.807, 2.05) is 36.4 Å². The maximum Gasteiger partial charge on any atom is 0.259 e. The van der Waals surface area contributed by atoms with Crippen LogP contribution in [-0.2, 0) is 4.79 Å². The Hall–Kier alpha value is -2.99. The summed E-state index contributed by atoms with van der Waals surface area (Å²) in [5.41, 5.74) is 2.74. The summed E-state index contributed by atoms with van der Waals surface area (Å²) in [6.07, 6.45) is 0. The van der Waals surface area contributed by atoms with Gasteiger partial charge in [-0.1, -0.05) is 48.2 Å². The van der Waals surface area contributed by atoms with E-state index in [4.69, 9.17) is 0 Å². The van der Waals surface area contributed by atoms with E-state index in [0.29, 0.717) is 16.4 Å². The van der Waals surface area contributed by atoms with Crippen molar-refractivity contribution in [3.8, 4) is 0 Å².